The van der Waals surface area contributed by atoms with Crippen molar-refractivity contribution in [1.82, 2.24) is 10.2 Å². The summed E-state index contributed by atoms with van der Waals surface area (Å²) in [6.07, 6.45) is 1.21. The van der Waals surface area contributed by atoms with E-state index in [9.17, 15) is 8.42 Å². The fourth-order valence-corrected chi connectivity index (χ4v) is 3.19. The van der Waals surface area contributed by atoms with Crippen LogP contribution >= 0.6 is 24.0 Å². The van der Waals surface area contributed by atoms with Gasteiger partial charge in [0.1, 0.15) is 5.75 Å². The number of guanidine groups is 1. The van der Waals surface area contributed by atoms with Gasteiger partial charge in [0.25, 0.3) is 0 Å². The molecule has 0 aliphatic carbocycles. The van der Waals surface area contributed by atoms with Crippen molar-refractivity contribution in [3.05, 3.63) is 59.7 Å². The van der Waals surface area contributed by atoms with Crippen LogP contribution < -0.4 is 10.1 Å². The molecule has 0 heterocycles. The molecule has 2 aromatic rings. The average Bonchev–Trinajstić information content (AvgIpc) is 2.65. The van der Waals surface area contributed by atoms with E-state index in [0.29, 0.717) is 18.0 Å². The Morgan fingerprint density at radius 2 is 1.64 bits per heavy atom. The van der Waals surface area contributed by atoms with Crippen molar-refractivity contribution in [2.45, 2.75) is 24.9 Å². The summed E-state index contributed by atoms with van der Waals surface area (Å²) in [6.45, 7) is 3.97. The molecule has 0 atom stereocenters. The molecule has 0 saturated carbocycles. The second kappa shape index (κ2) is 11.3. The minimum absolute atomic E-state index is 0. The normalized spacial score (nSPS) is 11.5. The maximum atomic E-state index is 11.5. The van der Waals surface area contributed by atoms with Crippen LogP contribution in [0, 0.1) is 0 Å². The van der Waals surface area contributed by atoms with E-state index in [4.69, 9.17) is 4.74 Å². The van der Waals surface area contributed by atoms with Crippen molar-refractivity contribution in [3.8, 4) is 5.75 Å². The van der Waals surface area contributed by atoms with Crippen LogP contribution in [0.4, 0.5) is 0 Å². The summed E-state index contributed by atoms with van der Waals surface area (Å²) in [5.74, 6) is 1.63. The van der Waals surface area contributed by atoms with Gasteiger partial charge in [-0.25, -0.2) is 13.4 Å². The number of sulfone groups is 1. The maximum absolute atomic E-state index is 11.5. The molecule has 8 heteroatoms. The third kappa shape index (κ3) is 7.31. The Morgan fingerprint density at radius 1 is 1.07 bits per heavy atom. The Labute approximate surface area is 184 Å². The third-order valence-electron chi connectivity index (χ3n) is 4.04. The quantitative estimate of drug-likeness (QED) is 0.347. The SMILES string of the molecule is CCNC(=NCc1ccc(S(C)(=O)=O)cc1)N(C)Cc1ccc(OC)cc1.I. The molecule has 154 valence electrons. The van der Waals surface area contributed by atoms with Crippen LogP contribution in [0.1, 0.15) is 18.1 Å². The van der Waals surface area contributed by atoms with Gasteiger partial charge < -0.3 is 15.0 Å². The Kier molecular flexibility index (Phi) is 9.74. The highest BCUT2D eigenvalue weighted by atomic mass is 127. The van der Waals surface area contributed by atoms with Crippen LogP contribution in [-0.2, 0) is 22.9 Å². The topological polar surface area (TPSA) is 71.0 Å². The van der Waals surface area contributed by atoms with Gasteiger partial charge in [-0.2, -0.15) is 0 Å². The van der Waals surface area contributed by atoms with Crippen LogP contribution in [-0.4, -0.2) is 46.2 Å². The number of benzene rings is 2. The molecule has 0 unspecified atom stereocenters. The van der Waals surface area contributed by atoms with Gasteiger partial charge >= 0.3 is 0 Å². The first kappa shape index (κ1) is 24.2. The molecule has 1 N–H and O–H groups in total. The van der Waals surface area contributed by atoms with Gasteiger partial charge in [0, 0.05) is 26.4 Å². The molecular formula is C20H28IN3O3S. The highest BCUT2D eigenvalue weighted by Gasteiger charge is 2.08. The van der Waals surface area contributed by atoms with Gasteiger partial charge in [-0.1, -0.05) is 24.3 Å². The average molecular weight is 517 g/mol. The molecule has 0 fully saturated rings. The fraction of sp³-hybridized carbons (Fsp3) is 0.350. The lowest BCUT2D eigenvalue weighted by Gasteiger charge is -2.22. The van der Waals surface area contributed by atoms with Crippen LogP contribution in [0.15, 0.2) is 58.4 Å². The van der Waals surface area contributed by atoms with Crippen molar-refractivity contribution in [2.75, 3.05) is 27.0 Å². The van der Waals surface area contributed by atoms with Gasteiger partial charge in [0.05, 0.1) is 18.6 Å². The van der Waals surface area contributed by atoms with E-state index >= 15 is 0 Å². The van der Waals surface area contributed by atoms with E-state index in [1.807, 2.05) is 38.2 Å². The van der Waals surface area contributed by atoms with Crippen LogP contribution in [0.25, 0.3) is 0 Å². The second-order valence-corrected chi connectivity index (χ2v) is 8.31. The van der Waals surface area contributed by atoms with E-state index in [1.54, 1.807) is 31.4 Å². The molecule has 2 rings (SSSR count). The number of hydrogen-bond acceptors (Lipinski definition) is 4. The smallest absolute Gasteiger partial charge is 0.194 e. The van der Waals surface area contributed by atoms with E-state index in [0.717, 1.165) is 29.4 Å². The Hall–Kier alpha value is -1.81. The third-order valence-corrected chi connectivity index (χ3v) is 5.17. The number of nitrogens with zero attached hydrogens (tertiary/aromatic N) is 2. The van der Waals surface area contributed by atoms with E-state index < -0.39 is 9.84 Å². The first-order valence-corrected chi connectivity index (χ1v) is 10.6. The number of nitrogens with one attached hydrogen (secondary N) is 1. The van der Waals surface area contributed by atoms with Gasteiger partial charge in [-0.3, -0.25) is 0 Å². The second-order valence-electron chi connectivity index (χ2n) is 6.29. The first-order valence-electron chi connectivity index (χ1n) is 8.75. The molecular weight excluding hydrogens is 489 g/mol. The van der Waals surface area contributed by atoms with Crippen LogP contribution in [0.3, 0.4) is 0 Å². The lowest BCUT2D eigenvalue weighted by Crippen LogP contribution is -2.38. The molecule has 0 amide bonds. The summed E-state index contributed by atoms with van der Waals surface area (Å²) in [6, 6.07) is 14.8. The Balaban J connectivity index is 0.00000392. The van der Waals surface area contributed by atoms with E-state index in [1.165, 1.54) is 6.26 Å². The van der Waals surface area contributed by atoms with E-state index in [2.05, 4.69) is 15.2 Å². The van der Waals surface area contributed by atoms with Gasteiger partial charge in [-0.05, 0) is 42.3 Å². The largest absolute Gasteiger partial charge is 0.497 e. The van der Waals surface area contributed by atoms with E-state index in [-0.39, 0.29) is 24.0 Å². The minimum atomic E-state index is -3.18. The minimum Gasteiger partial charge on any atom is -0.497 e. The van der Waals surface area contributed by atoms with Gasteiger partial charge in [0.15, 0.2) is 15.8 Å². The summed E-state index contributed by atoms with van der Waals surface area (Å²) < 4.78 is 28.3. The Morgan fingerprint density at radius 3 is 2.14 bits per heavy atom. The highest BCUT2D eigenvalue weighted by molar-refractivity contribution is 14.0. The maximum Gasteiger partial charge on any atom is 0.194 e. The standard InChI is InChI=1S/C20H27N3O3S.HI/c1-5-21-20(23(2)15-17-6-10-18(26-3)11-7-17)22-14-16-8-12-19(13-9-16)27(4,24)25;/h6-13H,5,14-15H2,1-4H3,(H,21,22);1H. The van der Waals surface area contributed by atoms with Crippen molar-refractivity contribution in [3.63, 3.8) is 0 Å². The van der Waals surface area contributed by atoms with Crippen molar-refractivity contribution < 1.29 is 13.2 Å². The van der Waals surface area contributed by atoms with Gasteiger partial charge in [-0.15, -0.1) is 24.0 Å². The molecule has 28 heavy (non-hydrogen) atoms. The number of methoxy groups -OCH3 is 1. The lowest BCUT2D eigenvalue weighted by molar-refractivity contribution is 0.414. The molecule has 0 spiro atoms. The Bertz CT molecular complexity index is 867. The molecule has 6 nitrogen and oxygen atoms in total. The van der Waals surface area contributed by atoms with Crippen LogP contribution in [0.2, 0.25) is 0 Å². The predicted octanol–water partition coefficient (Wildman–Crippen LogP) is 3.31. The zero-order valence-corrected chi connectivity index (χ0v) is 19.8. The molecule has 0 aromatic heterocycles. The number of rotatable bonds is 7. The first-order chi connectivity index (χ1) is 12.8. The molecule has 0 aliphatic heterocycles. The number of halogens is 1. The fourth-order valence-electron chi connectivity index (χ4n) is 2.56. The number of hydrogen-bond donors (Lipinski definition) is 1. The summed E-state index contributed by atoms with van der Waals surface area (Å²) in [5, 5.41) is 3.29. The monoisotopic (exact) mass is 517 g/mol. The zero-order valence-electron chi connectivity index (χ0n) is 16.7. The van der Waals surface area contributed by atoms with Crippen molar-refractivity contribution >= 4 is 39.8 Å². The van der Waals surface area contributed by atoms with Crippen LogP contribution in [0.5, 0.6) is 5.75 Å². The summed E-state index contributed by atoms with van der Waals surface area (Å²) in [5.41, 5.74) is 2.11. The summed E-state index contributed by atoms with van der Waals surface area (Å²) in [4.78, 5) is 7.03. The predicted molar refractivity (Wildman–Crippen MR) is 124 cm³/mol. The number of aliphatic imine (C=N–C) groups is 1. The molecule has 0 radical (unpaired) electrons. The number of ether oxygens (including phenoxy) is 1. The molecule has 0 saturated heterocycles. The highest BCUT2D eigenvalue weighted by Crippen LogP contribution is 2.13. The molecule has 0 bridgehead atoms. The molecule has 0 aliphatic rings. The lowest BCUT2D eigenvalue weighted by atomic mass is 10.2. The zero-order chi connectivity index (χ0) is 19.9. The van der Waals surface area contributed by atoms with Crippen molar-refractivity contribution in [1.29, 1.82) is 0 Å². The van der Waals surface area contributed by atoms with Crippen molar-refractivity contribution in [2.24, 2.45) is 4.99 Å². The summed E-state index contributed by atoms with van der Waals surface area (Å²) >= 11 is 0. The molecule has 2 aromatic carbocycles. The van der Waals surface area contributed by atoms with Gasteiger partial charge in [0.2, 0.25) is 0 Å². The summed E-state index contributed by atoms with van der Waals surface area (Å²) in [7, 11) is 0.459.